The van der Waals surface area contributed by atoms with Gasteiger partial charge in [-0.3, -0.25) is 9.59 Å². The summed E-state index contributed by atoms with van der Waals surface area (Å²) >= 11 is 0. The van der Waals surface area contributed by atoms with Crippen molar-refractivity contribution in [2.45, 2.75) is 20.4 Å². The van der Waals surface area contributed by atoms with Gasteiger partial charge in [0.15, 0.2) is 0 Å². The highest BCUT2D eigenvalue weighted by atomic mass is 19.1. The second-order valence-corrected chi connectivity index (χ2v) is 6.34. The lowest BCUT2D eigenvalue weighted by Gasteiger charge is -2.10. The van der Waals surface area contributed by atoms with Crippen LogP contribution in [0.25, 0.3) is 0 Å². The molecule has 0 bridgehead atoms. The molecule has 1 N–H and O–H groups in total. The maximum atomic E-state index is 13.3. The standard InChI is InChI=1S/C21H19FN2O2/c1-14-8-15(2)10-19(9-14)23-21(26)17-6-7-20(25)24(13-17)12-16-4-3-5-18(22)11-16/h3-11,13H,12H2,1-2H3,(H,23,26). The molecule has 0 aliphatic carbocycles. The van der Waals surface area contributed by atoms with Crippen molar-refractivity contribution in [3.8, 4) is 0 Å². The number of nitrogens with zero attached hydrogens (tertiary/aromatic N) is 1. The Kier molecular flexibility index (Phi) is 4.98. The molecule has 0 aliphatic rings. The zero-order chi connectivity index (χ0) is 18.7. The van der Waals surface area contributed by atoms with E-state index in [-0.39, 0.29) is 23.8 Å². The second kappa shape index (κ2) is 7.35. The van der Waals surface area contributed by atoms with Gasteiger partial charge < -0.3 is 9.88 Å². The molecule has 26 heavy (non-hydrogen) atoms. The van der Waals surface area contributed by atoms with Gasteiger partial charge in [0.05, 0.1) is 12.1 Å². The highest BCUT2D eigenvalue weighted by molar-refractivity contribution is 6.04. The van der Waals surface area contributed by atoms with Gasteiger partial charge in [0, 0.05) is 18.0 Å². The summed E-state index contributed by atoms with van der Waals surface area (Å²) in [5.74, 6) is -0.665. The Morgan fingerprint density at radius 3 is 2.46 bits per heavy atom. The van der Waals surface area contributed by atoms with Gasteiger partial charge in [-0.1, -0.05) is 18.2 Å². The first kappa shape index (κ1) is 17.6. The zero-order valence-electron chi connectivity index (χ0n) is 14.6. The summed E-state index contributed by atoms with van der Waals surface area (Å²) in [6.45, 7) is 4.12. The molecule has 3 rings (SSSR count). The Morgan fingerprint density at radius 1 is 1.04 bits per heavy atom. The number of nitrogens with one attached hydrogen (secondary N) is 1. The molecule has 0 radical (unpaired) electrons. The Bertz CT molecular complexity index is 1000. The number of hydrogen-bond acceptors (Lipinski definition) is 2. The van der Waals surface area contributed by atoms with Crippen LogP contribution in [0.3, 0.4) is 0 Å². The van der Waals surface area contributed by atoms with Crippen molar-refractivity contribution in [3.05, 3.63) is 99.2 Å². The van der Waals surface area contributed by atoms with Crippen LogP contribution < -0.4 is 10.9 Å². The molecule has 1 heterocycles. The van der Waals surface area contributed by atoms with Crippen LogP contribution in [0.4, 0.5) is 10.1 Å². The van der Waals surface area contributed by atoms with Gasteiger partial charge >= 0.3 is 0 Å². The smallest absolute Gasteiger partial charge is 0.257 e. The third-order valence-electron chi connectivity index (χ3n) is 3.97. The van der Waals surface area contributed by atoms with Crippen LogP contribution in [0.15, 0.2) is 65.6 Å². The summed E-state index contributed by atoms with van der Waals surface area (Å²) in [5, 5.41) is 2.85. The predicted molar refractivity (Wildman–Crippen MR) is 100 cm³/mol. The SMILES string of the molecule is Cc1cc(C)cc(NC(=O)c2ccc(=O)n(Cc3cccc(F)c3)c2)c1. The van der Waals surface area contributed by atoms with E-state index in [1.54, 1.807) is 12.1 Å². The van der Waals surface area contributed by atoms with E-state index in [1.807, 2.05) is 32.0 Å². The van der Waals surface area contributed by atoms with E-state index < -0.39 is 0 Å². The second-order valence-electron chi connectivity index (χ2n) is 6.34. The van der Waals surface area contributed by atoms with Crippen molar-refractivity contribution >= 4 is 11.6 Å². The molecule has 5 heteroatoms. The molecular weight excluding hydrogens is 331 g/mol. The molecular formula is C21H19FN2O2. The van der Waals surface area contributed by atoms with Gasteiger partial charge in [0.25, 0.3) is 11.5 Å². The number of pyridine rings is 1. The molecule has 0 atom stereocenters. The highest BCUT2D eigenvalue weighted by Gasteiger charge is 2.09. The quantitative estimate of drug-likeness (QED) is 0.776. The minimum Gasteiger partial charge on any atom is -0.322 e. The molecule has 1 aromatic heterocycles. The van der Waals surface area contributed by atoms with Crippen LogP contribution in [0, 0.1) is 19.7 Å². The van der Waals surface area contributed by atoms with Crippen molar-refractivity contribution in [1.82, 2.24) is 4.57 Å². The summed E-state index contributed by atoms with van der Waals surface area (Å²) < 4.78 is 14.7. The van der Waals surface area contributed by atoms with Crippen LogP contribution in [-0.2, 0) is 6.54 Å². The summed E-state index contributed by atoms with van der Waals surface area (Å²) in [6, 6.07) is 14.7. The lowest BCUT2D eigenvalue weighted by molar-refractivity contribution is 0.102. The normalized spacial score (nSPS) is 10.6. The molecule has 1 amide bonds. The molecule has 0 aliphatic heterocycles. The molecule has 132 valence electrons. The topological polar surface area (TPSA) is 51.1 Å². The summed E-state index contributed by atoms with van der Waals surface area (Å²) in [4.78, 5) is 24.6. The van der Waals surface area contributed by atoms with Gasteiger partial charge in [0.1, 0.15) is 5.82 Å². The van der Waals surface area contributed by atoms with Crippen LogP contribution in [0.1, 0.15) is 27.0 Å². The van der Waals surface area contributed by atoms with Crippen LogP contribution in [0.5, 0.6) is 0 Å². The van der Waals surface area contributed by atoms with E-state index >= 15 is 0 Å². The molecule has 2 aromatic carbocycles. The maximum Gasteiger partial charge on any atom is 0.257 e. The lowest BCUT2D eigenvalue weighted by atomic mass is 10.1. The predicted octanol–water partition coefficient (Wildman–Crippen LogP) is 3.90. The monoisotopic (exact) mass is 350 g/mol. The fourth-order valence-corrected chi connectivity index (χ4v) is 2.87. The van der Waals surface area contributed by atoms with Crippen molar-refractivity contribution in [1.29, 1.82) is 0 Å². The zero-order valence-corrected chi connectivity index (χ0v) is 14.6. The van der Waals surface area contributed by atoms with Crippen LogP contribution >= 0.6 is 0 Å². The minimum absolute atomic E-state index is 0.196. The first-order chi connectivity index (χ1) is 12.4. The first-order valence-corrected chi connectivity index (χ1v) is 8.25. The summed E-state index contributed by atoms with van der Waals surface area (Å²) in [7, 11) is 0. The lowest BCUT2D eigenvalue weighted by Crippen LogP contribution is -2.22. The third-order valence-corrected chi connectivity index (χ3v) is 3.97. The van der Waals surface area contributed by atoms with Gasteiger partial charge in [-0.15, -0.1) is 0 Å². The largest absolute Gasteiger partial charge is 0.322 e. The average molecular weight is 350 g/mol. The van der Waals surface area contributed by atoms with E-state index in [1.165, 1.54) is 35.0 Å². The van der Waals surface area contributed by atoms with Gasteiger partial charge in [-0.25, -0.2) is 4.39 Å². The van der Waals surface area contributed by atoms with Crippen LogP contribution in [-0.4, -0.2) is 10.5 Å². The number of aryl methyl sites for hydroxylation is 2. The van der Waals surface area contributed by atoms with E-state index in [4.69, 9.17) is 0 Å². The summed E-state index contributed by atoms with van der Waals surface area (Å²) in [5.41, 5.74) is 3.57. The number of halogens is 1. The minimum atomic E-state index is -0.362. The highest BCUT2D eigenvalue weighted by Crippen LogP contribution is 2.15. The molecule has 4 nitrogen and oxygen atoms in total. The molecule has 3 aromatic rings. The average Bonchev–Trinajstić information content (AvgIpc) is 2.56. The Morgan fingerprint density at radius 2 is 1.77 bits per heavy atom. The number of rotatable bonds is 4. The van der Waals surface area contributed by atoms with Crippen molar-refractivity contribution in [2.75, 3.05) is 5.32 Å². The Balaban J connectivity index is 1.84. The van der Waals surface area contributed by atoms with E-state index in [0.717, 1.165) is 11.1 Å². The number of carbonyl (C=O) groups is 1. The fraction of sp³-hybridized carbons (Fsp3) is 0.143. The number of carbonyl (C=O) groups excluding carboxylic acids is 1. The number of amides is 1. The molecule has 0 saturated heterocycles. The molecule has 0 saturated carbocycles. The Hall–Kier alpha value is -3.21. The van der Waals surface area contributed by atoms with E-state index in [2.05, 4.69) is 5.32 Å². The van der Waals surface area contributed by atoms with Crippen molar-refractivity contribution in [3.63, 3.8) is 0 Å². The van der Waals surface area contributed by atoms with Gasteiger partial charge in [-0.2, -0.15) is 0 Å². The molecule has 0 fully saturated rings. The van der Waals surface area contributed by atoms with Crippen LogP contribution in [0.2, 0.25) is 0 Å². The van der Waals surface area contributed by atoms with Crippen molar-refractivity contribution in [2.24, 2.45) is 0 Å². The number of hydrogen-bond donors (Lipinski definition) is 1. The third kappa shape index (κ3) is 4.25. The molecule has 0 spiro atoms. The number of aromatic nitrogens is 1. The number of benzene rings is 2. The van der Waals surface area contributed by atoms with Gasteiger partial charge in [-0.05, 0) is 60.9 Å². The van der Waals surface area contributed by atoms with E-state index in [9.17, 15) is 14.0 Å². The van der Waals surface area contributed by atoms with Crippen molar-refractivity contribution < 1.29 is 9.18 Å². The first-order valence-electron chi connectivity index (χ1n) is 8.25. The van der Waals surface area contributed by atoms with E-state index in [0.29, 0.717) is 16.8 Å². The molecule has 0 unspecified atom stereocenters. The fourth-order valence-electron chi connectivity index (χ4n) is 2.87. The summed E-state index contributed by atoms with van der Waals surface area (Å²) in [6.07, 6.45) is 1.49. The number of anilines is 1. The Labute approximate surface area is 150 Å². The van der Waals surface area contributed by atoms with Gasteiger partial charge in [0.2, 0.25) is 0 Å². The maximum absolute atomic E-state index is 13.3.